The number of nitrogens with zero attached hydrogens (tertiary/aromatic N) is 2. The Morgan fingerprint density at radius 2 is 2.09 bits per heavy atom. The molecule has 1 fully saturated rings. The first-order chi connectivity index (χ1) is 10.9. The van der Waals surface area contributed by atoms with E-state index in [1.807, 2.05) is 13.8 Å². The molecular weight excluding hydrogens is 307 g/mol. The van der Waals surface area contributed by atoms with Gasteiger partial charge in [0.05, 0.1) is 13.2 Å². The fourth-order valence-corrected chi connectivity index (χ4v) is 2.88. The third-order valence-corrected chi connectivity index (χ3v) is 4.23. The standard InChI is InChI=1S/C16H24F3N3O/c1-12(22-7-8-23-11-13(22)2)10-21-15(16(17,18)19)9-14-3-5-20-6-4-14/h3-6,12-13,15,21H,7-11H2,1-2H3/t12-,13+,15+/m1/s1. The van der Waals surface area contributed by atoms with Crippen molar-refractivity contribution in [2.45, 2.75) is 44.6 Å². The van der Waals surface area contributed by atoms with Crippen LogP contribution in [0.3, 0.4) is 0 Å². The van der Waals surface area contributed by atoms with Crippen molar-refractivity contribution in [3.8, 4) is 0 Å². The minimum atomic E-state index is -4.28. The summed E-state index contributed by atoms with van der Waals surface area (Å²) in [4.78, 5) is 6.03. The van der Waals surface area contributed by atoms with Gasteiger partial charge in [-0.1, -0.05) is 0 Å². The van der Waals surface area contributed by atoms with E-state index in [0.29, 0.717) is 25.3 Å². The van der Waals surface area contributed by atoms with E-state index in [2.05, 4.69) is 15.2 Å². The summed E-state index contributed by atoms with van der Waals surface area (Å²) < 4.78 is 45.2. The Bertz CT molecular complexity index is 469. The van der Waals surface area contributed by atoms with E-state index in [9.17, 15) is 13.2 Å². The van der Waals surface area contributed by atoms with Crippen LogP contribution in [0.4, 0.5) is 13.2 Å². The largest absolute Gasteiger partial charge is 0.404 e. The van der Waals surface area contributed by atoms with Gasteiger partial charge in [0.2, 0.25) is 0 Å². The maximum Gasteiger partial charge on any atom is 0.404 e. The number of nitrogens with one attached hydrogen (secondary N) is 1. The van der Waals surface area contributed by atoms with Gasteiger partial charge < -0.3 is 10.1 Å². The minimum absolute atomic E-state index is 0.0243. The lowest BCUT2D eigenvalue weighted by molar-refractivity contribution is -0.156. The predicted molar refractivity (Wildman–Crippen MR) is 82.2 cm³/mol. The lowest BCUT2D eigenvalue weighted by atomic mass is 10.1. The monoisotopic (exact) mass is 331 g/mol. The van der Waals surface area contributed by atoms with Crippen molar-refractivity contribution in [1.29, 1.82) is 0 Å². The molecule has 1 aromatic heterocycles. The number of morpholine rings is 1. The molecule has 23 heavy (non-hydrogen) atoms. The van der Waals surface area contributed by atoms with Gasteiger partial charge in [0.25, 0.3) is 0 Å². The number of alkyl halides is 3. The molecule has 0 radical (unpaired) electrons. The van der Waals surface area contributed by atoms with Gasteiger partial charge in [-0.2, -0.15) is 13.2 Å². The Balaban J connectivity index is 1.93. The lowest BCUT2D eigenvalue weighted by Gasteiger charge is -2.38. The summed E-state index contributed by atoms with van der Waals surface area (Å²) in [6.07, 6.45) is -1.33. The van der Waals surface area contributed by atoms with Gasteiger partial charge >= 0.3 is 6.18 Å². The molecule has 1 N–H and O–H groups in total. The molecule has 0 aliphatic carbocycles. The molecule has 1 aliphatic heterocycles. The molecule has 2 heterocycles. The molecule has 0 saturated carbocycles. The summed E-state index contributed by atoms with van der Waals surface area (Å²) >= 11 is 0. The SMILES string of the molecule is C[C@H](CN[C@@H](Cc1ccncc1)C(F)(F)F)N1CCOC[C@@H]1C. The van der Waals surface area contributed by atoms with E-state index >= 15 is 0 Å². The normalized spacial score (nSPS) is 22.7. The molecule has 1 saturated heterocycles. The van der Waals surface area contributed by atoms with Gasteiger partial charge in [0.1, 0.15) is 6.04 Å². The van der Waals surface area contributed by atoms with Crippen LogP contribution >= 0.6 is 0 Å². The smallest absolute Gasteiger partial charge is 0.379 e. The van der Waals surface area contributed by atoms with Crippen LogP contribution in [0.1, 0.15) is 19.4 Å². The third kappa shape index (κ3) is 5.44. The molecule has 1 aromatic rings. The summed E-state index contributed by atoms with van der Waals surface area (Å²) in [6, 6.07) is 1.94. The van der Waals surface area contributed by atoms with Gasteiger partial charge in [0, 0.05) is 37.6 Å². The summed E-state index contributed by atoms with van der Waals surface area (Å²) in [5.74, 6) is 0. The Morgan fingerprint density at radius 1 is 1.39 bits per heavy atom. The van der Waals surface area contributed by atoms with Crippen LogP contribution in [0.15, 0.2) is 24.5 Å². The molecule has 0 amide bonds. The highest BCUT2D eigenvalue weighted by Crippen LogP contribution is 2.23. The van der Waals surface area contributed by atoms with Gasteiger partial charge in [0.15, 0.2) is 0 Å². The van der Waals surface area contributed by atoms with E-state index in [-0.39, 0.29) is 18.5 Å². The Labute approximate surface area is 135 Å². The molecule has 0 aromatic carbocycles. The van der Waals surface area contributed by atoms with Crippen molar-refractivity contribution in [2.24, 2.45) is 0 Å². The molecule has 3 atom stereocenters. The number of aromatic nitrogens is 1. The zero-order chi connectivity index (χ0) is 16.9. The zero-order valence-electron chi connectivity index (χ0n) is 13.5. The molecule has 0 bridgehead atoms. The van der Waals surface area contributed by atoms with Gasteiger partial charge in [-0.05, 0) is 38.0 Å². The van der Waals surface area contributed by atoms with Crippen molar-refractivity contribution in [3.63, 3.8) is 0 Å². The summed E-state index contributed by atoms with van der Waals surface area (Å²) in [5.41, 5.74) is 0.627. The summed E-state index contributed by atoms with van der Waals surface area (Å²) in [6.45, 7) is 6.30. The lowest BCUT2D eigenvalue weighted by Crippen LogP contribution is -2.54. The number of ether oxygens (including phenoxy) is 1. The second-order valence-electron chi connectivity index (χ2n) is 6.07. The fraction of sp³-hybridized carbons (Fsp3) is 0.688. The molecule has 130 valence electrons. The van der Waals surface area contributed by atoms with Crippen LogP contribution in [-0.4, -0.2) is 60.5 Å². The van der Waals surface area contributed by atoms with Crippen LogP contribution in [0.5, 0.6) is 0 Å². The summed E-state index contributed by atoms with van der Waals surface area (Å²) in [5, 5.41) is 2.70. The first kappa shape index (κ1) is 18.2. The van der Waals surface area contributed by atoms with E-state index in [1.54, 1.807) is 12.1 Å². The van der Waals surface area contributed by atoms with Crippen molar-refractivity contribution in [1.82, 2.24) is 15.2 Å². The second kappa shape index (κ2) is 8.08. The highest BCUT2D eigenvalue weighted by molar-refractivity contribution is 5.12. The van der Waals surface area contributed by atoms with Gasteiger partial charge in [-0.3, -0.25) is 9.88 Å². The number of rotatable bonds is 6. The Morgan fingerprint density at radius 3 is 2.70 bits per heavy atom. The maximum absolute atomic E-state index is 13.3. The Hall–Kier alpha value is -1.18. The summed E-state index contributed by atoms with van der Waals surface area (Å²) in [7, 11) is 0. The number of hydrogen-bond donors (Lipinski definition) is 1. The fourth-order valence-electron chi connectivity index (χ4n) is 2.88. The maximum atomic E-state index is 13.3. The predicted octanol–water partition coefficient (Wildman–Crippen LogP) is 2.25. The van der Waals surface area contributed by atoms with Crippen LogP contribution in [0, 0.1) is 0 Å². The van der Waals surface area contributed by atoms with Crippen LogP contribution in [0.25, 0.3) is 0 Å². The molecule has 7 heteroatoms. The molecule has 1 aliphatic rings. The second-order valence-corrected chi connectivity index (χ2v) is 6.07. The first-order valence-corrected chi connectivity index (χ1v) is 7.90. The highest BCUT2D eigenvalue weighted by atomic mass is 19.4. The number of hydrogen-bond acceptors (Lipinski definition) is 4. The molecule has 0 spiro atoms. The van der Waals surface area contributed by atoms with Crippen molar-refractivity contribution >= 4 is 0 Å². The average molecular weight is 331 g/mol. The molecule has 2 rings (SSSR count). The van der Waals surface area contributed by atoms with E-state index in [4.69, 9.17) is 4.74 Å². The van der Waals surface area contributed by atoms with E-state index in [1.165, 1.54) is 12.4 Å². The minimum Gasteiger partial charge on any atom is -0.379 e. The van der Waals surface area contributed by atoms with Gasteiger partial charge in [-0.25, -0.2) is 0 Å². The Kier molecular flexibility index (Phi) is 6.38. The van der Waals surface area contributed by atoms with Crippen LogP contribution in [0.2, 0.25) is 0 Å². The quantitative estimate of drug-likeness (QED) is 0.868. The number of halogens is 3. The first-order valence-electron chi connectivity index (χ1n) is 7.90. The van der Waals surface area contributed by atoms with Crippen LogP contribution < -0.4 is 5.32 Å². The zero-order valence-corrected chi connectivity index (χ0v) is 13.5. The van der Waals surface area contributed by atoms with Crippen molar-refractivity contribution in [3.05, 3.63) is 30.1 Å². The topological polar surface area (TPSA) is 37.4 Å². The van der Waals surface area contributed by atoms with E-state index in [0.717, 1.165) is 6.54 Å². The van der Waals surface area contributed by atoms with Gasteiger partial charge in [-0.15, -0.1) is 0 Å². The molecular formula is C16H24F3N3O. The molecule has 0 unspecified atom stereocenters. The highest BCUT2D eigenvalue weighted by Gasteiger charge is 2.39. The molecule has 4 nitrogen and oxygen atoms in total. The van der Waals surface area contributed by atoms with E-state index < -0.39 is 12.2 Å². The third-order valence-electron chi connectivity index (χ3n) is 4.23. The van der Waals surface area contributed by atoms with Crippen LogP contribution in [-0.2, 0) is 11.2 Å². The van der Waals surface area contributed by atoms with Crippen molar-refractivity contribution < 1.29 is 17.9 Å². The average Bonchev–Trinajstić information content (AvgIpc) is 2.51. The van der Waals surface area contributed by atoms with Crippen molar-refractivity contribution in [2.75, 3.05) is 26.3 Å². The number of pyridine rings is 1.